The number of aliphatic hydroxyl groups excluding tert-OH is 1. The maximum absolute atomic E-state index is 13.3. The zero-order chi connectivity index (χ0) is 25.1. The molecule has 1 heterocycles. The van der Waals surface area contributed by atoms with E-state index in [2.05, 4.69) is 5.32 Å². The molecule has 2 aromatic rings. The first kappa shape index (κ1) is 25.2. The van der Waals surface area contributed by atoms with Gasteiger partial charge in [-0.1, -0.05) is 30.3 Å². The first-order valence-electron chi connectivity index (χ1n) is 10.00. The second kappa shape index (κ2) is 9.80. The monoisotopic (exact) mass is 487 g/mol. The Morgan fingerprint density at radius 3 is 2.44 bits per heavy atom. The molecule has 182 valence electrons. The van der Waals surface area contributed by atoms with Crippen LogP contribution in [0.5, 0.6) is 0 Å². The molecule has 3 atom stereocenters. The van der Waals surface area contributed by atoms with Crippen LogP contribution in [0.1, 0.15) is 23.1 Å². The zero-order valence-corrected chi connectivity index (χ0v) is 17.4. The molecule has 34 heavy (non-hydrogen) atoms. The fourth-order valence-corrected chi connectivity index (χ4v) is 3.76. The first-order valence-corrected chi connectivity index (χ1v) is 10.00. The van der Waals surface area contributed by atoms with Gasteiger partial charge in [0.1, 0.15) is 6.61 Å². The van der Waals surface area contributed by atoms with Gasteiger partial charge in [0.15, 0.2) is 6.10 Å². The Labute approximate surface area is 190 Å². The van der Waals surface area contributed by atoms with Gasteiger partial charge in [-0.15, -0.1) is 0 Å². The Hall–Kier alpha value is -3.46. The molecule has 0 radical (unpaired) electrons. The molecule has 1 aliphatic rings. The fourth-order valence-electron chi connectivity index (χ4n) is 3.76. The van der Waals surface area contributed by atoms with Crippen LogP contribution in [0.2, 0.25) is 0 Å². The summed E-state index contributed by atoms with van der Waals surface area (Å²) in [5.41, 5.74) is -1.61. The summed E-state index contributed by atoms with van der Waals surface area (Å²) in [4.78, 5) is 13.1. The van der Waals surface area contributed by atoms with E-state index in [1.54, 1.807) is 30.3 Å². The standard InChI is InChI=1S/C22H19F6N3O3/c23-21(24,25)17-9-16(7-6-14(17)10-29)31-11-15(8-18(31)19(32)22(26,27)28)30-20(33)34-12-13-4-2-1-3-5-13/h1-7,9,15,18-19,32H,8,11-12H2,(H,30,33)/t15?,18-,19?/m1/s1. The van der Waals surface area contributed by atoms with Crippen molar-refractivity contribution in [2.24, 2.45) is 0 Å². The van der Waals surface area contributed by atoms with Crippen molar-refractivity contribution in [2.75, 3.05) is 11.4 Å². The van der Waals surface area contributed by atoms with Gasteiger partial charge in [0.2, 0.25) is 0 Å². The van der Waals surface area contributed by atoms with Crippen LogP contribution < -0.4 is 10.2 Å². The molecule has 2 aromatic carbocycles. The van der Waals surface area contributed by atoms with Gasteiger partial charge in [-0.05, 0) is 30.2 Å². The maximum Gasteiger partial charge on any atom is 0.417 e. The summed E-state index contributed by atoms with van der Waals surface area (Å²) in [7, 11) is 0. The van der Waals surface area contributed by atoms with E-state index in [0.717, 1.165) is 17.0 Å². The SMILES string of the molecule is N#Cc1ccc(N2CC(NC(=O)OCc3ccccc3)C[C@@H]2C(O)C(F)(F)F)cc1C(F)(F)F. The number of alkyl halides is 6. The van der Waals surface area contributed by atoms with E-state index in [-0.39, 0.29) is 18.8 Å². The van der Waals surface area contributed by atoms with Crippen molar-refractivity contribution in [3.05, 3.63) is 65.2 Å². The van der Waals surface area contributed by atoms with Crippen LogP contribution in [0.3, 0.4) is 0 Å². The number of nitrogens with zero attached hydrogens (tertiary/aromatic N) is 2. The molecular weight excluding hydrogens is 468 g/mol. The number of carbonyl (C=O) groups is 1. The van der Waals surface area contributed by atoms with Gasteiger partial charge in [-0.2, -0.15) is 31.6 Å². The molecule has 0 spiro atoms. The topological polar surface area (TPSA) is 85.6 Å². The number of nitrogens with one attached hydrogen (secondary N) is 1. The van der Waals surface area contributed by atoms with Crippen molar-refractivity contribution in [3.63, 3.8) is 0 Å². The molecule has 0 bridgehead atoms. The number of alkyl carbamates (subject to hydrolysis) is 1. The summed E-state index contributed by atoms with van der Waals surface area (Å²) in [5, 5.41) is 21.2. The summed E-state index contributed by atoms with van der Waals surface area (Å²) in [6, 6.07) is 9.86. The van der Waals surface area contributed by atoms with Crippen molar-refractivity contribution in [2.45, 2.75) is 43.6 Å². The molecule has 1 aliphatic heterocycles. The summed E-state index contributed by atoms with van der Waals surface area (Å²) >= 11 is 0. The van der Waals surface area contributed by atoms with Gasteiger partial charge >= 0.3 is 18.4 Å². The van der Waals surface area contributed by atoms with E-state index in [4.69, 9.17) is 10.00 Å². The Balaban J connectivity index is 1.81. The zero-order valence-electron chi connectivity index (χ0n) is 17.4. The number of benzene rings is 2. The largest absolute Gasteiger partial charge is 0.445 e. The average Bonchev–Trinajstić information content (AvgIpc) is 3.19. The minimum atomic E-state index is -5.05. The molecule has 1 fully saturated rings. The molecule has 1 saturated heterocycles. The van der Waals surface area contributed by atoms with Crippen molar-refractivity contribution >= 4 is 11.8 Å². The molecule has 1 amide bonds. The van der Waals surface area contributed by atoms with Crippen LogP contribution in [0.15, 0.2) is 48.5 Å². The van der Waals surface area contributed by atoms with Gasteiger partial charge < -0.3 is 20.1 Å². The van der Waals surface area contributed by atoms with E-state index < -0.39 is 54.2 Å². The second-order valence-corrected chi connectivity index (χ2v) is 7.68. The number of hydrogen-bond donors (Lipinski definition) is 2. The number of carbonyl (C=O) groups excluding carboxylic acids is 1. The molecule has 3 rings (SSSR count). The van der Waals surface area contributed by atoms with Crippen LogP contribution in [-0.4, -0.2) is 42.1 Å². The predicted octanol–water partition coefficient (Wildman–Crippen LogP) is 4.37. The number of rotatable bonds is 5. The number of nitriles is 1. The molecule has 2 N–H and O–H groups in total. The van der Waals surface area contributed by atoms with Crippen LogP contribution in [0, 0.1) is 11.3 Å². The third-order valence-corrected chi connectivity index (χ3v) is 5.34. The van der Waals surface area contributed by atoms with E-state index in [9.17, 15) is 36.2 Å². The molecule has 12 heteroatoms. The van der Waals surface area contributed by atoms with Gasteiger partial charge in [0.25, 0.3) is 0 Å². The Morgan fingerprint density at radius 1 is 1.18 bits per heavy atom. The van der Waals surface area contributed by atoms with Crippen molar-refractivity contribution in [1.29, 1.82) is 5.26 Å². The van der Waals surface area contributed by atoms with Crippen molar-refractivity contribution in [1.82, 2.24) is 5.32 Å². The quantitative estimate of drug-likeness (QED) is 0.612. The third-order valence-electron chi connectivity index (χ3n) is 5.34. The Morgan fingerprint density at radius 2 is 1.85 bits per heavy atom. The third kappa shape index (κ3) is 5.91. The van der Waals surface area contributed by atoms with E-state index in [1.165, 1.54) is 6.07 Å². The summed E-state index contributed by atoms with van der Waals surface area (Å²) in [6.45, 7) is -0.413. The normalized spacial score (nSPS) is 19.4. The lowest BCUT2D eigenvalue weighted by atomic mass is 10.0. The van der Waals surface area contributed by atoms with E-state index in [0.29, 0.717) is 11.6 Å². The Kier molecular flexibility index (Phi) is 7.26. The number of hydrogen-bond acceptors (Lipinski definition) is 5. The highest BCUT2D eigenvalue weighted by Crippen LogP contribution is 2.38. The number of ether oxygens (including phenoxy) is 1. The van der Waals surface area contributed by atoms with E-state index in [1.807, 2.05) is 0 Å². The van der Waals surface area contributed by atoms with E-state index >= 15 is 0 Å². The highest BCUT2D eigenvalue weighted by atomic mass is 19.4. The first-order chi connectivity index (χ1) is 15.9. The lowest BCUT2D eigenvalue weighted by Gasteiger charge is -2.31. The molecule has 6 nitrogen and oxygen atoms in total. The van der Waals surface area contributed by atoms with Crippen LogP contribution in [-0.2, 0) is 17.5 Å². The van der Waals surface area contributed by atoms with Gasteiger partial charge in [0.05, 0.1) is 29.3 Å². The fraction of sp³-hybridized carbons (Fsp3) is 0.364. The van der Waals surface area contributed by atoms with Gasteiger partial charge in [-0.25, -0.2) is 4.79 Å². The summed E-state index contributed by atoms with van der Waals surface area (Å²) in [5.74, 6) is 0. The molecule has 2 unspecified atom stereocenters. The molecule has 0 saturated carbocycles. The minimum Gasteiger partial charge on any atom is -0.445 e. The predicted molar refractivity (Wildman–Crippen MR) is 108 cm³/mol. The Bertz CT molecular complexity index is 1050. The number of halogens is 6. The summed E-state index contributed by atoms with van der Waals surface area (Å²) in [6.07, 6.45) is -14.2. The maximum atomic E-state index is 13.3. The smallest absolute Gasteiger partial charge is 0.417 e. The van der Waals surface area contributed by atoms with Crippen molar-refractivity contribution < 1.29 is 41.0 Å². The molecular formula is C22H19F6N3O3. The summed E-state index contributed by atoms with van der Waals surface area (Å²) < 4.78 is 84.9. The van der Waals surface area contributed by atoms with Crippen LogP contribution >= 0.6 is 0 Å². The lowest BCUT2D eigenvalue weighted by Crippen LogP contribution is -2.47. The second-order valence-electron chi connectivity index (χ2n) is 7.68. The number of aliphatic hydroxyl groups is 1. The highest BCUT2D eigenvalue weighted by Gasteiger charge is 2.50. The van der Waals surface area contributed by atoms with Crippen LogP contribution in [0.25, 0.3) is 0 Å². The minimum absolute atomic E-state index is 0.0950. The molecule has 0 aliphatic carbocycles. The highest BCUT2D eigenvalue weighted by molar-refractivity contribution is 5.68. The van der Waals surface area contributed by atoms with Crippen molar-refractivity contribution in [3.8, 4) is 6.07 Å². The molecule has 0 aromatic heterocycles. The lowest BCUT2D eigenvalue weighted by molar-refractivity contribution is -0.209. The average molecular weight is 487 g/mol. The van der Waals surface area contributed by atoms with Gasteiger partial charge in [0, 0.05) is 12.2 Å². The number of anilines is 1. The van der Waals surface area contributed by atoms with Gasteiger partial charge in [-0.3, -0.25) is 0 Å². The number of amides is 1. The van der Waals surface area contributed by atoms with Crippen LogP contribution in [0.4, 0.5) is 36.8 Å².